The van der Waals surface area contributed by atoms with E-state index < -0.39 is 0 Å². The number of hydrogen-bond donors (Lipinski definition) is 1. The predicted octanol–water partition coefficient (Wildman–Crippen LogP) is 2.46. The fraction of sp³-hybridized carbons (Fsp3) is 0.462. The molecule has 1 aromatic rings. The van der Waals surface area contributed by atoms with Crippen LogP contribution in [0.5, 0.6) is 0 Å². The molecule has 0 aliphatic rings. The second kappa shape index (κ2) is 7.12. The standard InChI is InChI=1S/C13H18FNO/c14-12-7-5-11(6-8-12)10-13(16)4-2-1-3-9-15/h5-8H,1-4,9-10,15H2. The number of carbonyl (C=O) groups is 1. The highest BCUT2D eigenvalue weighted by Crippen LogP contribution is 2.07. The first-order valence-corrected chi connectivity index (χ1v) is 5.68. The van der Waals surface area contributed by atoms with Crippen molar-refractivity contribution in [2.75, 3.05) is 6.54 Å². The highest BCUT2D eigenvalue weighted by Gasteiger charge is 2.03. The summed E-state index contributed by atoms with van der Waals surface area (Å²) in [5, 5.41) is 0. The quantitative estimate of drug-likeness (QED) is 0.721. The van der Waals surface area contributed by atoms with Crippen LogP contribution in [0.3, 0.4) is 0 Å². The van der Waals surface area contributed by atoms with Crippen molar-refractivity contribution in [1.82, 2.24) is 0 Å². The molecule has 1 rings (SSSR count). The third-order valence-electron chi connectivity index (χ3n) is 2.47. The largest absolute Gasteiger partial charge is 0.330 e. The van der Waals surface area contributed by atoms with Crippen molar-refractivity contribution in [3.8, 4) is 0 Å². The number of carbonyl (C=O) groups excluding carboxylic acids is 1. The zero-order valence-corrected chi connectivity index (χ0v) is 9.42. The molecule has 0 atom stereocenters. The SMILES string of the molecule is NCCCCCC(=O)Cc1ccc(F)cc1. The molecule has 0 saturated carbocycles. The van der Waals surface area contributed by atoms with E-state index in [9.17, 15) is 9.18 Å². The summed E-state index contributed by atoms with van der Waals surface area (Å²) >= 11 is 0. The van der Waals surface area contributed by atoms with Crippen molar-refractivity contribution in [2.24, 2.45) is 5.73 Å². The Balaban J connectivity index is 2.26. The van der Waals surface area contributed by atoms with Crippen LogP contribution in [0.2, 0.25) is 0 Å². The van der Waals surface area contributed by atoms with Gasteiger partial charge >= 0.3 is 0 Å². The summed E-state index contributed by atoms with van der Waals surface area (Å²) < 4.78 is 12.6. The fourth-order valence-electron chi connectivity index (χ4n) is 1.56. The van der Waals surface area contributed by atoms with Crippen LogP contribution >= 0.6 is 0 Å². The molecule has 0 heterocycles. The molecular formula is C13H18FNO. The van der Waals surface area contributed by atoms with Crippen molar-refractivity contribution < 1.29 is 9.18 Å². The minimum absolute atomic E-state index is 0.212. The maximum Gasteiger partial charge on any atom is 0.137 e. The molecule has 0 radical (unpaired) electrons. The van der Waals surface area contributed by atoms with Crippen LogP contribution in [0.15, 0.2) is 24.3 Å². The van der Waals surface area contributed by atoms with Gasteiger partial charge in [-0.2, -0.15) is 0 Å². The Kier molecular flexibility index (Phi) is 5.72. The maximum atomic E-state index is 12.6. The van der Waals surface area contributed by atoms with Gasteiger partial charge in [-0.3, -0.25) is 4.79 Å². The Bertz CT molecular complexity index is 321. The van der Waals surface area contributed by atoms with Crippen LogP contribution in [-0.4, -0.2) is 12.3 Å². The average molecular weight is 223 g/mol. The van der Waals surface area contributed by atoms with E-state index in [0.29, 0.717) is 19.4 Å². The fourth-order valence-corrected chi connectivity index (χ4v) is 1.56. The van der Waals surface area contributed by atoms with Gasteiger partial charge in [0.05, 0.1) is 0 Å². The molecule has 0 unspecified atom stereocenters. The summed E-state index contributed by atoms with van der Waals surface area (Å²) in [6.07, 6.45) is 3.88. The number of Topliss-reactive ketones (excluding diaryl/α,β-unsaturated/α-hetero) is 1. The van der Waals surface area contributed by atoms with Crippen molar-refractivity contribution in [3.63, 3.8) is 0 Å². The number of nitrogens with two attached hydrogens (primary N) is 1. The number of hydrogen-bond acceptors (Lipinski definition) is 2. The highest BCUT2D eigenvalue weighted by atomic mass is 19.1. The van der Waals surface area contributed by atoms with Crippen molar-refractivity contribution in [2.45, 2.75) is 32.1 Å². The van der Waals surface area contributed by atoms with Crippen LogP contribution in [0.25, 0.3) is 0 Å². The topological polar surface area (TPSA) is 43.1 Å². The Hall–Kier alpha value is -1.22. The van der Waals surface area contributed by atoms with Gasteiger partial charge < -0.3 is 5.73 Å². The van der Waals surface area contributed by atoms with Gasteiger partial charge in [-0.05, 0) is 37.1 Å². The minimum atomic E-state index is -0.265. The molecule has 0 aromatic heterocycles. The zero-order valence-electron chi connectivity index (χ0n) is 9.42. The third-order valence-corrected chi connectivity index (χ3v) is 2.47. The van der Waals surface area contributed by atoms with Gasteiger partial charge in [0, 0.05) is 12.8 Å². The predicted molar refractivity (Wildman–Crippen MR) is 62.6 cm³/mol. The molecule has 0 saturated heterocycles. The first-order valence-electron chi connectivity index (χ1n) is 5.68. The second-order valence-electron chi connectivity index (χ2n) is 3.94. The lowest BCUT2D eigenvalue weighted by molar-refractivity contribution is -0.118. The van der Waals surface area contributed by atoms with Gasteiger partial charge in [0.25, 0.3) is 0 Å². The van der Waals surface area contributed by atoms with Gasteiger partial charge in [0.15, 0.2) is 0 Å². The zero-order chi connectivity index (χ0) is 11.8. The van der Waals surface area contributed by atoms with Gasteiger partial charge in [-0.25, -0.2) is 4.39 Å². The molecule has 88 valence electrons. The summed E-state index contributed by atoms with van der Waals surface area (Å²) in [4.78, 5) is 11.5. The monoisotopic (exact) mass is 223 g/mol. The van der Waals surface area contributed by atoms with Gasteiger partial charge in [-0.15, -0.1) is 0 Å². The molecule has 0 fully saturated rings. The summed E-state index contributed by atoms with van der Waals surface area (Å²) in [5.41, 5.74) is 6.24. The highest BCUT2D eigenvalue weighted by molar-refractivity contribution is 5.80. The first kappa shape index (κ1) is 12.8. The third kappa shape index (κ3) is 5.03. The van der Waals surface area contributed by atoms with E-state index in [2.05, 4.69) is 0 Å². The molecule has 0 aliphatic carbocycles. The molecule has 0 aliphatic heterocycles. The summed E-state index contributed by atoms with van der Waals surface area (Å²) in [5.74, 6) is -0.0530. The first-order chi connectivity index (χ1) is 7.72. The van der Waals surface area contributed by atoms with Crippen molar-refractivity contribution in [3.05, 3.63) is 35.6 Å². The van der Waals surface area contributed by atoms with E-state index in [1.54, 1.807) is 12.1 Å². The summed E-state index contributed by atoms with van der Waals surface area (Å²) in [6, 6.07) is 6.09. The van der Waals surface area contributed by atoms with Crippen LogP contribution in [0, 0.1) is 5.82 Å². The molecule has 3 heteroatoms. The average Bonchev–Trinajstić information content (AvgIpc) is 2.28. The number of rotatable bonds is 7. The van der Waals surface area contributed by atoms with E-state index >= 15 is 0 Å². The number of halogens is 1. The normalized spacial score (nSPS) is 10.4. The minimum Gasteiger partial charge on any atom is -0.330 e. The van der Waals surface area contributed by atoms with E-state index in [4.69, 9.17) is 5.73 Å². The Morgan fingerprint density at radius 3 is 2.44 bits per heavy atom. The maximum absolute atomic E-state index is 12.6. The lowest BCUT2D eigenvalue weighted by Crippen LogP contribution is -2.03. The van der Waals surface area contributed by atoms with Crippen LogP contribution < -0.4 is 5.73 Å². The second-order valence-corrected chi connectivity index (χ2v) is 3.94. The number of benzene rings is 1. The number of unbranched alkanes of at least 4 members (excludes halogenated alkanes) is 2. The van der Waals surface area contributed by atoms with E-state index in [0.717, 1.165) is 24.8 Å². The molecule has 1 aromatic carbocycles. The van der Waals surface area contributed by atoms with E-state index in [1.165, 1.54) is 12.1 Å². The summed E-state index contributed by atoms with van der Waals surface area (Å²) in [7, 11) is 0. The van der Waals surface area contributed by atoms with E-state index in [-0.39, 0.29) is 11.6 Å². The molecule has 0 bridgehead atoms. The van der Waals surface area contributed by atoms with Gasteiger partial charge in [0.1, 0.15) is 11.6 Å². The molecule has 0 amide bonds. The van der Waals surface area contributed by atoms with Gasteiger partial charge in [-0.1, -0.05) is 18.6 Å². The Labute approximate surface area is 95.7 Å². The van der Waals surface area contributed by atoms with Crippen LogP contribution in [-0.2, 0) is 11.2 Å². The molecule has 2 nitrogen and oxygen atoms in total. The smallest absolute Gasteiger partial charge is 0.137 e. The van der Waals surface area contributed by atoms with E-state index in [1.807, 2.05) is 0 Å². The Morgan fingerprint density at radius 1 is 1.12 bits per heavy atom. The lowest BCUT2D eigenvalue weighted by Gasteiger charge is -2.01. The molecule has 2 N–H and O–H groups in total. The summed E-state index contributed by atoms with van der Waals surface area (Å²) in [6.45, 7) is 0.687. The number of ketones is 1. The molecule has 0 spiro atoms. The van der Waals surface area contributed by atoms with Crippen LogP contribution in [0.1, 0.15) is 31.2 Å². The molecule has 16 heavy (non-hydrogen) atoms. The molecular weight excluding hydrogens is 205 g/mol. The van der Waals surface area contributed by atoms with Gasteiger partial charge in [0.2, 0.25) is 0 Å². The van der Waals surface area contributed by atoms with Crippen LogP contribution in [0.4, 0.5) is 4.39 Å². The Morgan fingerprint density at radius 2 is 1.81 bits per heavy atom. The lowest BCUT2D eigenvalue weighted by atomic mass is 10.0. The van der Waals surface area contributed by atoms with Crippen molar-refractivity contribution in [1.29, 1.82) is 0 Å². The van der Waals surface area contributed by atoms with Crippen molar-refractivity contribution >= 4 is 5.78 Å².